The van der Waals surface area contributed by atoms with Crippen molar-refractivity contribution in [3.63, 3.8) is 0 Å². The topological polar surface area (TPSA) is 95.6 Å². The van der Waals surface area contributed by atoms with E-state index in [1.54, 1.807) is 0 Å². The Morgan fingerprint density at radius 1 is 1.29 bits per heavy atom. The number of piperidine rings is 1. The first-order chi connectivity index (χ1) is 10.3. The van der Waals surface area contributed by atoms with Crippen LogP contribution in [0.4, 0.5) is 0 Å². The van der Waals surface area contributed by atoms with Crippen molar-refractivity contribution in [2.45, 2.75) is 31.8 Å². The van der Waals surface area contributed by atoms with Gasteiger partial charge in [0.15, 0.2) is 0 Å². The number of aromatic amines is 1. The van der Waals surface area contributed by atoms with Crippen LogP contribution >= 0.6 is 0 Å². The molecule has 21 heavy (non-hydrogen) atoms. The van der Waals surface area contributed by atoms with E-state index in [1.807, 2.05) is 24.3 Å². The number of carbonyl (C=O) groups excluding carboxylic acids is 1. The van der Waals surface area contributed by atoms with E-state index in [2.05, 4.69) is 31.3 Å². The molecule has 3 N–H and O–H groups in total. The van der Waals surface area contributed by atoms with Gasteiger partial charge in [0.05, 0.1) is 6.04 Å². The fourth-order valence-electron chi connectivity index (χ4n) is 2.44. The molecule has 1 amide bonds. The van der Waals surface area contributed by atoms with Gasteiger partial charge in [-0.05, 0) is 30.2 Å². The number of nitrogens with one attached hydrogen (secondary N) is 3. The summed E-state index contributed by atoms with van der Waals surface area (Å²) in [6, 6.07) is 7.72. The molecule has 2 heterocycles. The first-order valence-electron chi connectivity index (χ1n) is 7.17. The molecule has 1 aromatic heterocycles. The number of carbonyl (C=O) groups is 1. The monoisotopic (exact) mass is 286 g/mol. The van der Waals surface area contributed by atoms with Crippen LogP contribution in [-0.4, -0.2) is 39.1 Å². The predicted molar refractivity (Wildman–Crippen MR) is 77.1 cm³/mol. The highest BCUT2D eigenvalue weighted by molar-refractivity contribution is 5.81. The minimum atomic E-state index is -0.0441. The Kier molecular flexibility index (Phi) is 4.20. The predicted octanol–water partition coefficient (Wildman–Crippen LogP) is 0.625. The maximum Gasteiger partial charge on any atom is 0.237 e. The molecule has 0 radical (unpaired) electrons. The third-order valence-corrected chi connectivity index (χ3v) is 3.65. The van der Waals surface area contributed by atoms with Crippen LogP contribution in [0.25, 0.3) is 11.4 Å². The second-order valence-corrected chi connectivity index (χ2v) is 5.15. The molecule has 7 heteroatoms. The Morgan fingerprint density at radius 2 is 2.14 bits per heavy atom. The number of hydrogen-bond donors (Lipinski definition) is 3. The lowest BCUT2D eigenvalue weighted by molar-refractivity contribution is -0.123. The van der Waals surface area contributed by atoms with Crippen molar-refractivity contribution < 1.29 is 4.79 Å². The van der Waals surface area contributed by atoms with Crippen LogP contribution < -0.4 is 10.6 Å². The quantitative estimate of drug-likeness (QED) is 0.766. The summed E-state index contributed by atoms with van der Waals surface area (Å²) in [5.41, 5.74) is 1.94. The van der Waals surface area contributed by atoms with Crippen LogP contribution in [0, 0.1) is 0 Å². The van der Waals surface area contributed by atoms with Crippen LogP contribution in [0.1, 0.15) is 24.8 Å². The van der Waals surface area contributed by atoms with Crippen molar-refractivity contribution in [3.05, 3.63) is 29.8 Å². The van der Waals surface area contributed by atoms with Crippen LogP contribution in [0.15, 0.2) is 24.3 Å². The van der Waals surface area contributed by atoms with Gasteiger partial charge in [-0.2, -0.15) is 5.21 Å². The first kappa shape index (κ1) is 13.7. The van der Waals surface area contributed by atoms with E-state index in [0.29, 0.717) is 12.4 Å². The maximum atomic E-state index is 12.0. The number of aromatic nitrogens is 4. The highest BCUT2D eigenvalue weighted by Crippen LogP contribution is 2.14. The second-order valence-electron chi connectivity index (χ2n) is 5.15. The van der Waals surface area contributed by atoms with Crippen molar-refractivity contribution in [2.75, 3.05) is 6.54 Å². The van der Waals surface area contributed by atoms with Gasteiger partial charge in [-0.3, -0.25) is 4.79 Å². The van der Waals surface area contributed by atoms with E-state index in [1.165, 1.54) is 0 Å². The van der Waals surface area contributed by atoms with E-state index in [9.17, 15) is 4.79 Å². The van der Waals surface area contributed by atoms with Crippen molar-refractivity contribution >= 4 is 5.91 Å². The highest BCUT2D eigenvalue weighted by atomic mass is 16.2. The van der Waals surface area contributed by atoms with E-state index < -0.39 is 0 Å². The Morgan fingerprint density at radius 3 is 2.81 bits per heavy atom. The normalized spacial score (nSPS) is 18.4. The van der Waals surface area contributed by atoms with Gasteiger partial charge in [0.2, 0.25) is 11.7 Å². The SMILES string of the molecule is O=C(NCc1ccc(-c2nn[nH]n2)cc1)C1CCCCN1. The minimum Gasteiger partial charge on any atom is -0.351 e. The molecule has 1 atom stereocenters. The molecule has 1 aromatic carbocycles. The van der Waals surface area contributed by atoms with Crippen molar-refractivity contribution in [1.29, 1.82) is 0 Å². The number of amides is 1. The van der Waals surface area contributed by atoms with Gasteiger partial charge in [-0.25, -0.2) is 0 Å². The van der Waals surface area contributed by atoms with Gasteiger partial charge in [0.25, 0.3) is 0 Å². The molecule has 2 aromatic rings. The van der Waals surface area contributed by atoms with E-state index >= 15 is 0 Å². The molecule has 0 spiro atoms. The third kappa shape index (κ3) is 3.43. The molecule has 0 saturated carbocycles. The summed E-state index contributed by atoms with van der Waals surface area (Å²) in [5, 5.41) is 20.0. The number of H-pyrrole nitrogens is 1. The summed E-state index contributed by atoms with van der Waals surface area (Å²) in [4.78, 5) is 12.0. The third-order valence-electron chi connectivity index (χ3n) is 3.65. The van der Waals surface area contributed by atoms with Gasteiger partial charge in [-0.1, -0.05) is 30.7 Å². The number of benzene rings is 1. The van der Waals surface area contributed by atoms with Crippen LogP contribution in [0.2, 0.25) is 0 Å². The molecule has 1 unspecified atom stereocenters. The zero-order valence-corrected chi connectivity index (χ0v) is 11.7. The zero-order chi connectivity index (χ0) is 14.5. The summed E-state index contributed by atoms with van der Waals surface area (Å²) < 4.78 is 0. The van der Waals surface area contributed by atoms with E-state index in [-0.39, 0.29) is 11.9 Å². The molecule has 0 bridgehead atoms. The summed E-state index contributed by atoms with van der Waals surface area (Å²) in [7, 11) is 0. The van der Waals surface area contributed by atoms with Gasteiger partial charge >= 0.3 is 0 Å². The van der Waals surface area contributed by atoms with Gasteiger partial charge < -0.3 is 10.6 Å². The van der Waals surface area contributed by atoms with Crippen LogP contribution in [0.3, 0.4) is 0 Å². The van der Waals surface area contributed by atoms with E-state index in [0.717, 1.165) is 36.9 Å². The lowest BCUT2D eigenvalue weighted by Gasteiger charge is -2.22. The van der Waals surface area contributed by atoms with Gasteiger partial charge in [0.1, 0.15) is 0 Å². The number of nitrogens with zero attached hydrogens (tertiary/aromatic N) is 3. The average molecular weight is 286 g/mol. The molecule has 3 rings (SSSR count). The fourth-order valence-corrected chi connectivity index (χ4v) is 2.44. The second kappa shape index (κ2) is 6.45. The Hall–Kier alpha value is -2.28. The van der Waals surface area contributed by atoms with E-state index in [4.69, 9.17) is 0 Å². The lowest BCUT2D eigenvalue weighted by Crippen LogP contribution is -2.46. The van der Waals surface area contributed by atoms with Crippen LogP contribution in [0.5, 0.6) is 0 Å². The minimum absolute atomic E-state index is 0.0441. The number of tetrazole rings is 1. The molecule has 1 aliphatic heterocycles. The number of hydrogen-bond acceptors (Lipinski definition) is 5. The van der Waals surface area contributed by atoms with Gasteiger partial charge in [0, 0.05) is 12.1 Å². The van der Waals surface area contributed by atoms with Crippen LogP contribution in [-0.2, 0) is 11.3 Å². The smallest absolute Gasteiger partial charge is 0.237 e. The zero-order valence-electron chi connectivity index (χ0n) is 11.7. The van der Waals surface area contributed by atoms with Gasteiger partial charge in [-0.15, -0.1) is 10.2 Å². The molecule has 7 nitrogen and oxygen atoms in total. The van der Waals surface area contributed by atoms with Crippen molar-refractivity contribution in [1.82, 2.24) is 31.3 Å². The summed E-state index contributed by atoms with van der Waals surface area (Å²) in [6.45, 7) is 1.46. The fraction of sp³-hybridized carbons (Fsp3) is 0.429. The molecule has 0 aliphatic carbocycles. The standard InChI is InChI=1S/C14H18N6O/c21-14(12-3-1-2-8-15-12)16-9-10-4-6-11(7-5-10)13-17-19-20-18-13/h4-7,12,15H,1-3,8-9H2,(H,16,21)(H,17,18,19,20). The summed E-state index contributed by atoms with van der Waals surface area (Å²) >= 11 is 0. The lowest BCUT2D eigenvalue weighted by atomic mass is 10.0. The number of rotatable bonds is 4. The Balaban J connectivity index is 1.54. The van der Waals surface area contributed by atoms with Crippen molar-refractivity contribution in [3.8, 4) is 11.4 Å². The Bertz CT molecular complexity index is 574. The largest absolute Gasteiger partial charge is 0.351 e. The molecule has 110 valence electrons. The molecule has 1 aliphatic rings. The molecular formula is C14H18N6O. The maximum absolute atomic E-state index is 12.0. The first-order valence-corrected chi connectivity index (χ1v) is 7.17. The van der Waals surface area contributed by atoms with Crippen molar-refractivity contribution in [2.24, 2.45) is 0 Å². The molecular weight excluding hydrogens is 268 g/mol. The highest BCUT2D eigenvalue weighted by Gasteiger charge is 2.19. The summed E-state index contributed by atoms with van der Waals surface area (Å²) in [6.07, 6.45) is 3.19. The Labute approximate surface area is 122 Å². The molecule has 1 fully saturated rings. The average Bonchev–Trinajstić information content (AvgIpc) is 3.08. The summed E-state index contributed by atoms with van der Waals surface area (Å²) in [5.74, 6) is 0.647. The molecule has 1 saturated heterocycles.